The summed E-state index contributed by atoms with van der Waals surface area (Å²) in [5.74, 6) is 1.22. The normalized spacial score (nSPS) is 9.94. The number of methoxy groups -OCH3 is 1. The van der Waals surface area contributed by atoms with Crippen LogP contribution in [-0.4, -0.2) is 26.0 Å². The van der Waals surface area contributed by atoms with Gasteiger partial charge < -0.3 is 15.2 Å². The number of nitrogens with two attached hydrogens (primary N) is 1. The van der Waals surface area contributed by atoms with E-state index in [1.165, 1.54) is 6.92 Å². The minimum atomic E-state index is 0.00630. The van der Waals surface area contributed by atoms with Gasteiger partial charge >= 0.3 is 0 Å². The van der Waals surface area contributed by atoms with Gasteiger partial charge in [0.25, 0.3) is 0 Å². The van der Waals surface area contributed by atoms with Crippen molar-refractivity contribution in [2.75, 3.05) is 20.3 Å². The second-order valence-electron chi connectivity index (χ2n) is 3.41. The van der Waals surface area contributed by atoms with Crippen LogP contribution in [0.2, 0.25) is 0 Å². The quantitative estimate of drug-likeness (QED) is 0.588. The smallest absolute Gasteiger partial charge is 0.161 e. The molecule has 0 amide bonds. The van der Waals surface area contributed by atoms with E-state index in [4.69, 9.17) is 15.2 Å². The number of rotatable bonds is 6. The minimum absolute atomic E-state index is 0.00630. The number of hydrogen-bond acceptors (Lipinski definition) is 4. The summed E-state index contributed by atoms with van der Waals surface area (Å²) in [7, 11) is 1.55. The summed E-state index contributed by atoms with van der Waals surface area (Å²) in [4.78, 5) is 11.2. The molecular formula is C12H17NO3. The molecule has 0 heterocycles. The Kier molecular flexibility index (Phi) is 4.79. The van der Waals surface area contributed by atoms with Crippen LogP contribution in [0.5, 0.6) is 11.5 Å². The molecule has 2 N–H and O–H groups in total. The van der Waals surface area contributed by atoms with Crippen molar-refractivity contribution in [2.24, 2.45) is 5.73 Å². The Morgan fingerprint density at radius 3 is 2.69 bits per heavy atom. The highest BCUT2D eigenvalue weighted by molar-refractivity contribution is 5.94. The average molecular weight is 223 g/mol. The van der Waals surface area contributed by atoms with Gasteiger partial charge in [-0.15, -0.1) is 0 Å². The van der Waals surface area contributed by atoms with Gasteiger partial charge in [-0.1, -0.05) is 0 Å². The molecule has 1 rings (SSSR count). The van der Waals surface area contributed by atoms with Gasteiger partial charge in [0.2, 0.25) is 0 Å². The highest BCUT2D eigenvalue weighted by Gasteiger charge is 2.07. The topological polar surface area (TPSA) is 61.5 Å². The molecule has 0 fully saturated rings. The Balaban J connectivity index is 2.80. The zero-order valence-corrected chi connectivity index (χ0v) is 9.66. The van der Waals surface area contributed by atoms with Crippen molar-refractivity contribution >= 4 is 5.78 Å². The molecule has 0 aliphatic rings. The lowest BCUT2D eigenvalue weighted by atomic mass is 10.1. The predicted molar refractivity (Wildman–Crippen MR) is 62.2 cm³/mol. The summed E-state index contributed by atoms with van der Waals surface area (Å²) >= 11 is 0. The van der Waals surface area contributed by atoms with Crippen molar-refractivity contribution in [3.8, 4) is 11.5 Å². The molecule has 0 aliphatic heterocycles. The third-order valence-electron chi connectivity index (χ3n) is 2.18. The lowest BCUT2D eigenvalue weighted by Gasteiger charge is -2.10. The van der Waals surface area contributed by atoms with Crippen molar-refractivity contribution < 1.29 is 14.3 Å². The van der Waals surface area contributed by atoms with Gasteiger partial charge in [0.05, 0.1) is 13.7 Å². The molecule has 0 atom stereocenters. The Hall–Kier alpha value is -1.55. The SMILES string of the molecule is COc1cc(C(C)=O)ccc1OCCCN. The first kappa shape index (κ1) is 12.5. The number of carbonyl (C=O) groups excluding carboxylic acids is 1. The van der Waals surface area contributed by atoms with Crippen LogP contribution in [0.25, 0.3) is 0 Å². The molecule has 0 spiro atoms. The number of Topliss-reactive ketones (excluding diaryl/α,β-unsaturated/α-hetero) is 1. The summed E-state index contributed by atoms with van der Waals surface area (Å²) in [5, 5.41) is 0. The number of ether oxygens (including phenoxy) is 2. The average Bonchev–Trinajstić information content (AvgIpc) is 2.29. The van der Waals surface area contributed by atoms with Crippen LogP contribution < -0.4 is 15.2 Å². The maximum Gasteiger partial charge on any atom is 0.161 e. The molecule has 0 unspecified atom stereocenters. The first-order chi connectivity index (χ1) is 7.69. The largest absolute Gasteiger partial charge is 0.493 e. The zero-order valence-electron chi connectivity index (χ0n) is 9.66. The lowest BCUT2D eigenvalue weighted by Crippen LogP contribution is -2.07. The fraction of sp³-hybridized carbons (Fsp3) is 0.417. The summed E-state index contributed by atoms with van der Waals surface area (Å²) in [6.45, 7) is 2.66. The molecule has 1 aromatic carbocycles. The number of ketones is 1. The Morgan fingerprint density at radius 2 is 2.12 bits per heavy atom. The standard InChI is InChI=1S/C12H17NO3/c1-9(14)10-4-5-11(12(8-10)15-2)16-7-3-6-13/h4-5,8H,3,6-7,13H2,1-2H3. The van der Waals surface area contributed by atoms with E-state index in [0.29, 0.717) is 30.2 Å². The van der Waals surface area contributed by atoms with Gasteiger partial charge in [-0.05, 0) is 38.1 Å². The zero-order chi connectivity index (χ0) is 12.0. The Morgan fingerprint density at radius 1 is 1.38 bits per heavy atom. The third kappa shape index (κ3) is 3.24. The summed E-state index contributed by atoms with van der Waals surface area (Å²) in [6, 6.07) is 5.15. The van der Waals surface area contributed by atoms with Crippen LogP contribution in [-0.2, 0) is 0 Å². The fourth-order valence-electron chi connectivity index (χ4n) is 1.27. The molecule has 0 radical (unpaired) electrons. The van der Waals surface area contributed by atoms with Gasteiger partial charge in [0, 0.05) is 5.56 Å². The van der Waals surface area contributed by atoms with Crippen LogP contribution in [0.3, 0.4) is 0 Å². The third-order valence-corrected chi connectivity index (χ3v) is 2.18. The van der Waals surface area contributed by atoms with Crippen molar-refractivity contribution in [1.29, 1.82) is 0 Å². The van der Waals surface area contributed by atoms with E-state index in [1.54, 1.807) is 25.3 Å². The van der Waals surface area contributed by atoms with E-state index >= 15 is 0 Å². The highest BCUT2D eigenvalue weighted by atomic mass is 16.5. The second-order valence-corrected chi connectivity index (χ2v) is 3.41. The molecule has 0 saturated carbocycles. The molecule has 0 aromatic heterocycles. The maximum atomic E-state index is 11.2. The van der Waals surface area contributed by atoms with Gasteiger partial charge in [0.15, 0.2) is 17.3 Å². The lowest BCUT2D eigenvalue weighted by molar-refractivity contribution is 0.101. The van der Waals surface area contributed by atoms with Crippen LogP contribution in [0, 0.1) is 0 Å². The van der Waals surface area contributed by atoms with Crippen molar-refractivity contribution in [1.82, 2.24) is 0 Å². The molecule has 1 aromatic rings. The van der Waals surface area contributed by atoms with Crippen LogP contribution in [0.4, 0.5) is 0 Å². The van der Waals surface area contributed by atoms with Crippen LogP contribution in [0.15, 0.2) is 18.2 Å². The minimum Gasteiger partial charge on any atom is -0.493 e. The summed E-state index contributed by atoms with van der Waals surface area (Å²) < 4.78 is 10.6. The van der Waals surface area contributed by atoms with Gasteiger partial charge in [-0.2, -0.15) is 0 Å². The van der Waals surface area contributed by atoms with E-state index in [1.807, 2.05) is 0 Å². The predicted octanol–water partition coefficient (Wildman–Crippen LogP) is 1.63. The van der Waals surface area contributed by atoms with Gasteiger partial charge in [-0.3, -0.25) is 4.79 Å². The molecule has 4 heteroatoms. The van der Waals surface area contributed by atoms with E-state index in [9.17, 15) is 4.79 Å². The highest BCUT2D eigenvalue weighted by Crippen LogP contribution is 2.28. The molecule has 0 saturated heterocycles. The molecule has 4 nitrogen and oxygen atoms in total. The summed E-state index contributed by atoms with van der Waals surface area (Å²) in [5.41, 5.74) is 5.99. The van der Waals surface area contributed by atoms with Gasteiger partial charge in [-0.25, -0.2) is 0 Å². The van der Waals surface area contributed by atoms with Crippen LogP contribution in [0.1, 0.15) is 23.7 Å². The molecular weight excluding hydrogens is 206 g/mol. The molecule has 16 heavy (non-hydrogen) atoms. The fourth-order valence-corrected chi connectivity index (χ4v) is 1.27. The number of carbonyl (C=O) groups is 1. The maximum absolute atomic E-state index is 11.2. The number of hydrogen-bond donors (Lipinski definition) is 1. The molecule has 0 aliphatic carbocycles. The van der Waals surface area contributed by atoms with Crippen LogP contribution >= 0.6 is 0 Å². The molecule has 0 bridgehead atoms. The van der Waals surface area contributed by atoms with E-state index in [2.05, 4.69) is 0 Å². The Bertz CT molecular complexity index is 363. The van der Waals surface area contributed by atoms with E-state index < -0.39 is 0 Å². The molecule has 88 valence electrons. The van der Waals surface area contributed by atoms with E-state index in [0.717, 1.165) is 6.42 Å². The Labute approximate surface area is 95.3 Å². The van der Waals surface area contributed by atoms with Crippen molar-refractivity contribution in [3.63, 3.8) is 0 Å². The van der Waals surface area contributed by atoms with E-state index in [-0.39, 0.29) is 5.78 Å². The van der Waals surface area contributed by atoms with Crippen molar-refractivity contribution in [2.45, 2.75) is 13.3 Å². The van der Waals surface area contributed by atoms with Crippen molar-refractivity contribution in [3.05, 3.63) is 23.8 Å². The second kappa shape index (κ2) is 6.12. The summed E-state index contributed by atoms with van der Waals surface area (Å²) in [6.07, 6.45) is 0.789. The number of benzene rings is 1. The monoisotopic (exact) mass is 223 g/mol. The first-order valence-corrected chi connectivity index (χ1v) is 5.21. The first-order valence-electron chi connectivity index (χ1n) is 5.21. The van der Waals surface area contributed by atoms with Gasteiger partial charge in [0.1, 0.15) is 0 Å².